The second-order valence-corrected chi connectivity index (χ2v) is 4.89. The average molecular weight is 276 g/mol. The van der Waals surface area contributed by atoms with Gasteiger partial charge >= 0.3 is 0 Å². The van der Waals surface area contributed by atoms with E-state index < -0.39 is 5.82 Å². The SMILES string of the molecule is CC(C)C[C@@H](N)c1ccc(Br)c(F)c1O. The van der Waals surface area contributed by atoms with E-state index in [1.165, 1.54) is 0 Å². The Morgan fingerprint density at radius 3 is 2.60 bits per heavy atom. The molecule has 0 bridgehead atoms. The Hall–Kier alpha value is -0.610. The maximum Gasteiger partial charge on any atom is 0.179 e. The molecule has 0 radical (unpaired) electrons. The molecule has 0 aliphatic heterocycles. The van der Waals surface area contributed by atoms with Crippen LogP contribution in [0.15, 0.2) is 16.6 Å². The van der Waals surface area contributed by atoms with Gasteiger partial charge in [0, 0.05) is 11.6 Å². The predicted molar refractivity (Wildman–Crippen MR) is 62.1 cm³/mol. The summed E-state index contributed by atoms with van der Waals surface area (Å²) in [5.74, 6) is -0.588. The fourth-order valence-electron chi connectivity index (χ4n) is 1.49. The molecular formula is C11H15BrFNO. The van der Waals surface area contributed by atoms with Crippen LogP contribution in [-0.4, -0.2) is 5.11 Å². The van der Waals surface area contributed by atoms with Crippen molar-refractivity contribution in [1.82, 2.24) is 0 Å². The average Bonchev–Trinajstić information content (AvgIpc) is 2.13. The van der Waals surface area contributed by atoms with Gasteiger partial charge in [-0.3, -0.25) is 0 Å². The molecule has 0 saturated carbocycles. The lowest BCUT2D eigenvalue weighted by Crippen LogP contribution is -2.13. The van der Waals surface area contributed by atoms with Gasteiger partial charge in [0.2, 0.25) is 0 Å². The van der Waals surface area contributed by atoms with E-state index in [2.05, 4.69) is 15.9 Å². The lowest BCUT2D eigenvalue weighted by molar-refractivity contribution is 0.410. The summed E-state index contributed by atoms with van der Waals surface area (Å²) in [6.07, 6.45) is 0.717. The fraction of sp³-hybridized carbons (Fsp3) is 0.455. The molecule has 4 heteroatoms. The second kappa shape index (κ2) is 4.94. The Bertz CT molecular complexity index is 355. The van der Waals surface area contributed by atoms with Crippen molar-refractivity contribution >= 4 is 15.9 Å². The van der Waals surface area contributed by atoms with Crippen LogP contribution in [0.2, 0.25) is 0 Å². The summed E-state index contributed by atoms with van der Waals surface area (Å²) in [5, 5.41) is 9.58. The molecule has 1 aromatic carbocycles. The summed E-state index contributed by atoms with van der Waals surface area (Å²) in [4.78, 5) is 0. The van der Waals surface area contributed by atoms with Crippen LogP contribution in [0, 0.1) is 11.7 Å². The molecule has 0 fully saturated rings. The summed E-state index contributed by atoms with van der Waals surface area (Å²) in [6.45, 7) is 4.07. The van der Waals surface area contributed by atoms with Crippen LogP contribution in [0.25, 0.3) is 0 Å². The van der Waals surface area contributed by atoms with E-state index in [1.54, 1.807) is 12.1 Å². The molecule has 0 amide bonds. The molecule has 0 saturated heterocycles. The molecule has 0 aliphatic rings. The number of rotatable bonds is 3. The number of hydrogen-bond acceptors (Lipinski definition) is 2. The minimum atomic E-state index is -0.647. The molecule has 0 spiro atoms. The zero-order valence-electron chi connectivity index (χ0n) is 8.80. The van der Waals surface area contributed by atoms with E-state index in [0.717, 1.165) is 0 Å². The highest BCUT2D eigenvalue weighted by molar-refractivity contribution is 9.10. The summed E-state index contributed by atoms with van der Waals surface area (Å²) in [5.41, 5.74) is 6.34. The smallest absolute Gasteiger partial charge is 0.179 e. The van der Waals surface area contributed by atoms with Crippen LogP contribution in [0.4, 0.5) is 4.39 Å². The number of aromatic hydroxyl groups is 1. The third kappa shape index (κ3) is 2.92. The van der Waals surface area contributed by atoms with E-state index >= 15 is 0 Å². The number of nitrogens with two attached hydrogens (primary N) is 1. The van der Waals surface area contributed by atoms with E-state index in [-0.39, 0.29) is 16.3 Å². The minimum Gasteiger partial charge on any atom is -0.505 e. The largest absolute Gasteiger partial charge is 0.505 e. The molecule has 0 aromatic heterocycles. The zero-order chi connectivity index (χ0) is 11.6. The Labute approximate surface area is 97.4 Å². The van der Waals surface area contributed by atoms with Crippen molar-refractivity contribution in [3.63, 3.8) is 0 Å². The third-order valence-electron chi connectivity index (χ3n) is 2.23. The van der Waals surface area contributed by atoms with Gasteiger partial charge in [0.1, 0.15) is 0 Å². The topological polar surface area (TPSA) is 46.2 Å². The molecule has 84 valence electrons. The van der Waals surface area contributed by atoms with Gasteiger partial charge in [0.05, 0.1) is 4.47 Å². The lowest BCUT2D eigenvalue weighted by Gasteiger charge is -2.16. The summed E-state index contributed by atoms with van der Waals surface area (Å²) < 4.78 is 13.6. The standard InChI is InChI=1S/C11H15BrFNO/c1-6(2)5-9(14)7-3-4-8(12)10(13)11(7)15/h3-4,6,9,15H,5,14H2,1-2H3/t9-/m1/s1. The first-order valence-corrected chi connectivity index (χ1v) is 5.65. The number of phenols is 1. The van der Waals surface area contributed by atoms with Gasteiger partial charge < -0.3 is 10.8 Å². The molecule has 15 heavy (non-hydrogen) atoms. The monoisotopic (exact) mass is 275 g/mol. The first-order valence-electron chi connectivity index (χ1n) is 4.86. The normalized spacial score (nSPS) is 13.2. The highest BCUT2D eigenvalue weighted by Gasteiger charge is 2.17. The van der Waals surface area contributed by atoms with E-state index in [1.807, 2.05) is 13.8 Å². The van der Waals surface area contributed by atoms with Gasteiger partial charge in [-0.1, -0.05) is 19.9 Å². The lowest BCUT2D eigenvalue weighted by atomic mass is 9.97. The van der Waals surface area contributed by atoms with Gasteiger partial charge in [-0.25, -0.2) is 4.39 Å². The summed E-state index contributed by atoms with van der Waals surface area (Å²) in [6, 6.07) is 2.88. The molecule has 2 nitrogen and oxygen atoms in total. The maximum atomic E-state index is 13.3. The highest BCUT2D eigenvalue weighted by Crippen LogP contribution is 2.32. The van der Waals surface area contributed by atoms with Gasteiger partial charge in [0.25, 0.3) is 0 Å². The van der Waals surface area contributed by atoms with Crippen molar-refractivity contribution in [2.45, 2.75) is 26.3 Å². The van der Waals surface area contributed by atoms with Crippen LogP contribution in [0.3, 0.4) is 0 Å². The predicted octanol–water partition coefficient (Wildman–Crippen LogP) is 3.34. The molecule has 0 unspecified atom stereocenters. The van der Waals surface area contributed by atoms with Gasteiger partial charge in [0.15, 0.2) is 11.6 Å². The van der Waals surface area contributed by atoms with Gasteiger partial charge in [-0.15, -0.1) is 0 Å². The number of hydrogen-bond donors (Lipinski definition) is 2. The molecule has 0 aliphatic carbocycles. The molecule has 1 atom stereocenters. The van der Waals surface area contributed by atoms with Crippen molar-refractivity contribution in [1.29, 1.82) is 0 Å². The Morgan fingerprint density at radius 2 is 2.07 bits per heavy atom. The molecule has 3 N–H and O–H groups in total. The molecule has 0 heterocycles. The van der Waals surface area contributed by atoms with E-state index in [0.29, 0.717) is 17.9 Å². The molecular weight excluding hydrogens is 261 g/mol. The van der Waals surface area contributed by atoms with Crippen molar-refractivity contribution in [3.05, 3.63) is 28.0 Å². The van der Waals surface area contributed by atoms with Crippen LogP contribution in [-0.2, 0) is 0 Å². The summed E-state index contributed by atoms with van der Waals surface area (Å²) in [7, 11) is 0. The van der Waals surface area contributed by atoms with Gasteiger partial charge in [-0.2, -0.15) is 0 Å². The quantitative estimate of drug-likeness (QED) is 0.889. The molecule has 1 rings (SSSR count). The number of halogens is 2. The van der Waals surface area contributed by atoms with E-state index in [4.69, 9.17) is 5.73 Å². The van der Waals surface area contributed by atoms with E-state index in [9.17, 15) is 9.50 Å². The second-order valence-electron chi connectivity index (χ2n) is 4.04. The third-order valence-corrected chi connectivity index (χ3v) is 2.84. The van der Waals surface area contributed by atoms with Crippen molar-refractivity contribution in [3.8, 4) is 5.75 Å². The Kier molecular flexibility index (Phi) is 4.11. The first kappa shape index (κ1) is 12.5. The Morgan fingerprint density at radius 1 is 1.47 bits per heavy atom. The van der Waals surface area contributed by atoms with Gasteiger partial charge in [-0.05, 0) is 34.3 Å². The maximum absolute atomic E-state index is 13.3. The first-order chi connectivity index (χ1) is 6.93. The highest BCUT2D eigenvalue weighted by atomic mass is 79.9. The van der Waals surface area contributed by atoms with Crippen molar-refractivity contribution < 1.29 is 9.50 Å². The van der Waals surface area contributed by atoms with Crippen molar-refractivity contribution in [2.24, 2.45) is 11.7 Å². The fourth-order valence-corrected chi connectivity index (χ4v) is 1.81. The van der Waals surface area contributed by atoms with Crippen LogP contribution in [0.5, 0.6) is 5.75 Å². The van der Waals surface area contributed by atoms with Crippen LogP contribution in [0.1, 0.15) is 31.9 Å². The number of benzene rings is 1. The Balaban J connectivity index is 3.00. The van der Waals surface area contributed by atoms with Crippen LogP contribution >= 0.6 is 15.9 Å². The number of phenolic OH excluding ortho intramolecular Hbond substituents is 1. The summed E-state index contributed by atoms with van der Waals surface area (Å²) >= 11 is 3.00. The van der Waals surface area contributed by atoms with Crippen LogP contribution < -0.4 is 5.73 Å². The zero-order valence-corrected chi connectivity index (χ0v) is 10.4. The molecule has 1 aromatic rings. The minimum absolute atomic E-state index is 0.250. The van der Waals surface area contributed by atoms with Crippen molar-refractivity contribution in [2.75, 3.05) is 0 Å².